The summed E-state index contributed by atoms with van der Waals surface area (Å²) in [5.74, 6) is -0.324. The molecule has 3 rings (SSSR count). The SMILES string of the molecule is CCOC(=O)COc1ccc(/C=C2\SC(=N)[C@@H](c3nccs3)C2=O)cc1OCC. The highest BCUT2D eigenvalue weighted by atomic mass is 32.2. The van der Waals surface area contributed by atoms with Gasteiger partial charge in [0.1, 0.15) is 10.9 Å². The second-order valence-corrected chi connectivity index (χ2v) is 7.89. The summed E-state index contributed by atoms with van der Waals surface area (Å²) in [7, 11) is 0. The fraction of sp³-hybridized carbons (Fsp3) is 0.300. The van der Waals surface area contributed by atoms with Crippen LogP contribution in [0.25, 0.3) is 6.08 Å². The van der Waals surface area contributed by atoms with Crippen molar-refractivity contribution in [3.63, 3.8) is 0 Å². The molecule has 2 aromatic rings. The fourth-order valence-corrected chi connectivity index (χ4v) is 4.49. The van der Waals surface area contributed by atoms with Crippen molar-refractivity contribution in [2.45, 2.75) is 19.8 Å². The maximum Gasteiger partial charge on any atom is 0.344 e. The zero-order valence-corrected chi connectivity index (χ0v) is 17.6. The van der Waals surface area contributed by atoms with Crippen LogP contribution in [0.2, 0.25) is 0 Å². The minimum Gasteiger partial charge on any atom is -0.490 e. The fourth-order valence-electron chi connectivity index (χ4n) is 2.68. The first kappa shape index (κ1) is 21.1. The number of thioether (sulfide) groups is 1. The molecule has 2 heterocycles. The predicted molar refractivity (Wildman–Crippen MR) is 113 cm³/mol. The minimum atomic E-state index is -0.621. The number of allylic oxidation sites excluding steroid dienone is 1. The molecule has 0 amide bonds. The average Bonchev–Trinajstić information content (AvgIpc) is 3.30. The van der Waals surface area contributed by atoms with E-state index in [-0.39, 0.29) is 24.0 Å². The highest BCUT2D eigenvalue weighted by Gasteiger charge is 2.38. The van der Waals surface area contributed by atoms with Crippen LogP contribution in [0.3, 0.4) is 0 Å². The summed E-state index contributed by atoms with van der Waals surface area (Å²) in [6.07, 6.45) is 3.36. The van der Waals surface area contributed by atoms with Gasteiger partial charge in [0.25, 0.3) is 0 Å². The van der Waals surface area contributed by atoms with Gasteiger partial charge in [-0.15, -0.1) is 11.3 Å². The van der Waals surface area contributed by atoms with E-state index in [1.165, 1.54) is 11.3 Å². The number of ketones is 1. The minimum absolute atomic E-state index is 0.129. The molecule has 1 fully saturated rings. The van der Waals surface area contributed by atoms with Crippen LogP contribution in [0, 0.1) is 5.41 Å². The summed E-state index contributed by atoms with van der Waals surface area (Å²) >= 11 is 2.52. The Morgan fingerprint density at radius 1 is 1.24 bits per heavy atom. The number of Topliss-reactive ketones (excluding diaryl/α,β-unsaturated/α-hetero) is 1. The molecule has 1 aliphatic heterocycles. The van der Waals surface area contributed by atoms with Crippen molar-refractivity contribution in [2.24, 2.45) is 0 Å². The van der Waals surface area contributed by atoms with Crippen molar-refractivity contribution in [2.75, 3.05) is 19.8 Å². The molecule has 1 aromatic carbocycles. The van der Waals surface area contributed by atoms with Gasteiger partial charge in [-0.2, -0.15) is 0 Å². The van der Waals surface area contributed by atoms with Gasteiger partial charge in [-0.05, 0) is 37.6 Å². The number of rotatable bonds is 8. The first-order valence-electron chi connectivity index (χ1n) is 9.00. The Balaban J connectivity index is 1.80. The van der Waals surface area contributed by atoms with Gasteiger partial charge in [0, 0.05) is 11.6 Å². The molecule has 1 atom stereocenters. The van der Waals surface area contributed by atoms with Crippen LogP contribution in [-0.4, -0.2) is 41.6 Å². The Labute approximate surface area is 176 Å². The van der Waals surface area contributed by atoms with Gasteiger partial charge in [-0.25, -0.2) is 9.78 Å². The number of aromatic nitrogens is 1. The molecule has 9 heteroatoms. The van der Waals surface area contributed by atoms with Crippen LogP contribution in [0.5, 0.6) is 11.5 Å². The molecule has 0 spiro atoms. The summed E-state index contributed by atoms with van der Waals surface area (Å²) in [6.45, 7) is 4.06. The second-order valence-electron chi connectivity index (χ2n) is 5.88. The molecule has 0 aliphatic carbocycles. The van der Waals surface area contributed by atoms with E-state index in [1.54, 1.807) is 42.8 Å². The van der Waals surface area contributed by atoms with Crippen LogP contribution >= 0.6 is 23.1 Å². The number of esters is 1. The number of carbonyl (C=O) groups is 2. The Hall–Kier alpha value is -2.65. The van der Waals surface area contributed by atoms with Crippen molar-refractivity contribution >= 4 is 46.0 Å². The standard InChI is InChI=1S/C20H20N2O5S2/c1-3-25-14-9-12(5-6-13(14)27-11-16(23)26-4-2)10-15-18(24)17(19(21)29-15)20-22-7-8-28-20/h5-10,17,21H,3-4,11H2,1-2H3/b15-10-,21-19?/t17-/m0/s1. The first-order valence-corrected chi connectivity index (χ1v) is 10.7. The third-order valence-electron chi connectivity index (χ3n) is 3.90. The van der Waals surface area contributed by atoms with Crippen molar-refractivity contribution in [1.82, 2.24) is 4.98 Å². The zero-order chi connectivity index (χ0) is 20.8. The largest absolute Gasteiger partial charge is 0.490 e. The third-order valence-corrected chi connectivity index (χ3v) is 5.74. The summed E-state index contributed by atoms with van der Waals surface area (Å²) in [6, 6.07) is 5.19. The van der Waals surface area contributed by atoms with Gasteiger partial charge in [0.05, 0.1) is 23.2 Å². The van der Waals surface area contributed by atoms with Gasteiger partial charge in [0.2, 0.25) is 0 Å². The summed E-state index contributed by atoms with van der Waals surface area (Å²) in [5.41, 5.74) is 0.736. The van der Waals surface area contributed by atoms with Crippen molar-refractivity contribution in [3.05, 3.63) is 45.3 Å². The summed E-state index contributed by atoms with van der Waals surface area (Å²) < 4.78 is 16.0. The van der Waals surface area contributed by atoms with Crippen LogP contribution in [0.15, 0.2) is 34.7 Å². The van der Waals surface area contributed by atoms with E-state index in [0.717, 1.165) is 17.3 Å². The smallest absolute Gasteiger partial charge is 0.344 e. The third kappa shape index (κ3) is 5.04. The molecular formula is C20H20N2O5S2. The maximum absolute atomic E-state index is 12.8. The Bertz CT molecular complexity index is 940. The number of nitrogens with zero attached hydrogens (tertiary/aromatic N) is 1. The molecular weight excluding hydrogens is 412 g/mol. The average molecular weight is 433 g/mol. The van der Waals surface area contributed by atoms with E-state index in [9.17, 15) is 9.59 Å². The highest BCUT2D eigenvalue weighted by molar-refractivity contribution is 8.19. The van der Waals surface area contributed by atoms with E-state index in [2.05, 4.69) is 4.98 Å². The number of ether oxygens (including phenoxy) is 3. The van der Waals surface area contributed by atoms with Crippen LogP contribution in [0.1, 0.15) is 30.3 Å². The lowest BCUT2D eigenvalue weighted by molar-refractivity contribution is -0.145. The molecule has 1 saturated heterocycles. The molecule has 7 nitrogen and oxygen atoms in total. The molecule has 29 heavy (non-hydrogen) atoms. The van der Waals surface area contributed by atoms with Gasteiger partial charge in [-0.1, -0.05) is 17.8 Å². The number of hydrogen-bond donors (Lipinski definition) is 1. The Morgan fingerprint density at radius 2 is 2.07 bits per heavy atom. The second kappa shape index (κ2) is 9.71. The van der Waals surface area contributed by atoms with E-state index in [4.69, 9.17) is 19.6 Å². The highest BCUT2D eigenvalue weighted by Crippen LogP contribution is 2.41. The lowest BCUT2D eigenvalue weighted by Gasteiger charge is -2.12. The molecule has 0 unspecified atom stereocenters. The molecule has 1 aromatic heterocycles. The van der Waals surface area contributed by atoms with Gasteiger partial charge >= 0.3 is 5.97 Å². The van der Waals surface area contributed by atoms with Crippen LogP contribution in [-0.2, 0) is 14.3 Å². The Kier molecular flexibility index (Phi) is 7.05. The molecule has 152 valence electrons. The van der Waals surface area contributed by atoms with Crippen LogP contribution < -0.4 is 9.47 Å². The van der Waals surface area contributed by atoms with Crippen molar-refractivity contribution in [3.8, 4) is 11.5 Å². The molecule has 0 bridgehead atoms. The molecule has 1 aliphatic rings. The molecule has 1 N–H and O–H groups in total. The Morgan fingerprint density at radius 3 is 2.76 bits per heavy atom. The molecule has 0 saturated carbocycles. The van der Waals surface area contributed by atoms with Crippen molar-refractivity contribution in [1.29, 1.82) is 5.41 Å². The van der Waals surface area contributed by atoms with Crippen molar-refractivity contribution < 1.29 is 23.8 Å². The monoisotopic (exact) mass is 432 g/mol. The number of benzene rings is 1. The number of carbonyl (C=O) groups excluding carboxylic acids is 2. The lowest BCUT2D eigenvalue weighted by atomic mass is 10.0. The summed E-state index contributed by atoms with van der Waals surface area (Å²) in [5, 5.41) is 10.9. The quantitative estimate of drug-likeness (QED) is 0.499. The van der Waals surface area contributed by atoms with E-state index < -0.39 is 11.9 Å². The molecule has 0 radical (unpaired) electrons. The van der Waals surface area contributed by atoms with E-state index in [1.807, 2.05) is 6.92 Å². The van der Waals surface area contributed by atoms with Gasteiger partial charge < -0.3 is 14.2 Å². The first-order chi connectivity index (χ1) is 14.0. The topological polar surface area (TPSA) is 98.6 Å². The lowest BCUT2D eigenvalue weighted by Crippen LogP contribution is -2.15. The number of nitrogens with one attached hydrogen (secondary N) is 1. The van der Waals surface area contributed by atoms with Crippen LogP contribution in [0.4, 0.5) is 0 Å². The zero-order valence-electron chi connectivity index (χ0n) is 16.0. The van der Waals surface area contributed by atoms with Gasteiger partial charge in [0.15, 0.2) is 23.9 Å². The van der Waals surface area contributed by atoms with E-state index >= 15 is 0 Å². The predicted octanol–water partition coefficient (Wildman–Crippen LogP) is 3.90. The number of thiazole rings is 1. The summed E-state index contributed by atoms with van der Waals surface area (Å²) in [4.78, 5) is 28.9. The number of hydrogen-bond acceptors (Lipinski definition) is 9. The normalized spacial score (nSPS) is 17.6. The van der Waals surface area contributed by atoms with Gasteiger partial charge in [-0.3, -0.25) is 10.2 Å². The maximum atomic E-state index is 12.8. The van der Waals surface area contributed by atoms with E-state index in [0.29, 0.717) is 28.0 Å².